The number of Topliss-reactive ketones (excluding diaryl/α,β-unsaturated/α-hetero) is 1. The molecule has 1 aliphatic rings. The van der Waals surface area contributed by atoms with E-state index in [0.29, 0.717) is 5.56 Å². The molecule has 0 spiro atoms. The number of phenols is 2. The van der Waals surface area contributed by atoms with Crippen LogP contribution in [-0.2, 0) is 0 Å². The van der Waals surface area contributed by atoms with Crippen molar-refractivity contribution >= 4 is 5.78 Å². The number of hydrogen-bond acceptors (Lipinski definition) is 6. The molecule has 0 radical (unpaired) electrons. The Hall–Kier alpha value is -2.73. The van der Waals surface area contributed by atoms with E-state index in [9.17, 15) is 20.1 Å². The first-order chi connectivity index (χ1) is 10.5. The van der Waals surface area contributed by atoms with Gasteiger partial charge in [-0.1, -0.05) is 12.1 Å². The largest absolute Gasteiger partial charge is 0.507 e. The number of aromatic hydroxyl groups is 2. The van der Waals surface area contributed by atoms with Crippen molar-refractivity contribution in [3.05, 3.63) is 47.5 Å². The van der Waals surface area contributed by atoms with Crippen LogP contribution in [0.5, 0.6) is 23.0 Å². The number of ether oxygens (including phenoxy) is 2. The van der Waals surface area contributed by atoms with Gasteiger partial charge in [-0.05, 0) is 29.8 Å². The Morgan fingerprint density at radius 3 is 2.59 bits per heavy atom. The molecule has 114 valence electrons. The summed E-state index contributed by atoms with van der Waals surface area (Å²) in [5.41, 5.74) is 0.386. The first kappa shape index (κ1) is 14.2. The molecule has 0 amide bonds. The van der Waals surface area contributed by atoms with Gasteiger partial charge < -0.3 is 24.8 Å². The number of carbonyl (C=O) groups is 1. The van der Waals surface area contributed by atoms with Crippen LogP contribution in [0.2, 0.25) is 0 Å². The van der Waals surface area contributed by atoms with Gasteiger partial charge in [0.05, 0.1) is 7.11 Å². The number of fused-ring (bicyclic) bond motifs is 1. The zero-order valence-corrected chi connectivity index (χ0v) is 11.7. The van der Waals surface area contributed by atoms with Gasteiger partial charge in [-0.2, -0.15) is 0 Å². The summed E-state index contributed by atoms with van der Waals surface area (Å²) in [5.74, 6) is -0.517. The summed E-state index contributed by atoms with van der Waals surface area (Å²) in [4.78, 5) is 12.3. The van der Waals surface area contributed by atoms with Gasteiger partial charge in [0.15, 0.2) is 23.7 Å². The summed E-state index contributed by atoms with van der Waals surface area (Å²) in [5, 5.41) is 29.8. The van der Waals surface area contributed by atoms with Gasteiger partial charge in [-0.15, -0.1) is 0 Å². The third-order valence-electron chi connectivity index (χ3n) is 3.59. The predicted octanol–water partition coefficient (Wildman–Crippen LogP) is 1.78. The Morgan fingerprint density at radius 2 is 1.91 bits per heavy atom. The Morgan fingerprint density at radius 1 is 1.14 bits per heavy atom. The predicted molar refractivity (Wildman–Crippen MR) is 76.5 cm³/mol. The van der Waals surface area contributed by atoms with E-state index in [1.807, 2.05) is 0 Å². The Labute approximate surface area is 126 Å². The topological polar surface area (TPSA) is 96.2 Å². The number of carbonyl (C=O) groups excluding carboxylic acids is 1. The van der Waals surface area contributed by atoms with E-state index >= 15 is 0 Å². The first-order valence-electron chi connectivity index (χ1n) is 6.60. The fraction of sp³-hybridized carbons (Fsp3) is 0.188. The van der Waals surface area contributed by atoms with Crippen LogP contribution < -0.4 is 9.47 Å². The third-order valence-corrected chi connectivity index (χ3v) is 3.59. The highest BCUT2D eigenvalue weighted by molar-refractivity contribution is 6.05. The maximum absolute atomic E-state index is 12.3. The zero-order valence-electron chi connectivity index (χ0n) is 11.7. The SMILES string of the molecule is COc1ccc([C@@H]2Oc3cccc(O)c3C(=O)C2O)cc1O. The second kappa shape index (κ2) is 5.23. The maximum Gasteiger partial charge on any atom is 0.202 e. The molecule has 3 N–H and O–H groups in total. The lowest BCUT2D eigenvalue weighted by molar-refractivity contribution is 0.0211. The number of aliphatic hydroxyl groups is 1. The van der Waals surface area contributed by atoms with Crippen LogP contribution in [0.4, 0.5) is 0 Å². The van der Waals surface area contributed by atoms with Crippen molar-refractivity contribution in [1.29, 1.82) is 0 Å². The molecule has 2 aromatic carbocycles. The monoisotopic (exact) mass is 302 g/mol. The van der Waals surface area contributed by atoms with Gasteiger partial charge in [-0.3, -0.25) is 4.79 Å². The average molecular weight is 302 g/mol. The first-order valence-corrected chi connectivity index (χ1v) is 6.60. The standard InChI is InChI=1S/C16H14O6/c1-21-11-6-5-8(7-10(11)18)16-15(20)14(19)13-9(17)3-2-4-12(13)22-16/h2-7,15-18,20H,1H3/t15?,16-/m0/s1. The minimum Gasteiger partial charge on any atom is -0.507 e. The van der Waals surface area contributed by atoms with Gasteiger partial charge in [-0.25, -0.2) is 0 Å². The van der Waals surface area contributed by atoms with Crippen molar-refractivity contribution in [2.24, 2.45) is 0 Å². The molecule has 1 heterocycles. The molecule has 6 nitrogen and oxygen atoms in total. The number of phenolic OH excluding ortho intramolecular Hbond substituents is 2. The lowest BCUT2D eigenvalue weighted by Gasteiger charge is -2.30. The summed E-state index contributed by atoms with van der Waals surface area (Å²) < 4.78 is 10.6. The van der Waals surface area contributed by atoms with Crippen LogP contribution >= 0.6 is 0 Å². The lowest BCUT2D eigenvalue weighted by Crippen LogP contribution is -2.36. The van der Waals surface area contributed by atoms with Gasteiger partial charge >= 0.3 is 0 Å². The van der Waals surface area contributed by atoms with E-state index < -0.39 is 18.0 Å². The number of hydrogen-bond donors (Lipinski definition) is 3. The molecule has 0 aromatic heterocycles. The molecule has 0 saturated heterocycles. The summed E-state index contributed by atoms with van der Waals surface area (Å²) >= 11 is 0. The molecule has 2 atom stereocenters. The number of methoxy groups -OCH3 is 1. The molecule has 6 heteroatoms. The van der Waals surface area contributed by atoms with Crippen molar-refractivity contribution in [3.63, 3.8) is 0 Å². The van der Waals surface area contributed by atoms with Crippen LogP contribution in [0.1, 0.15) is 22.0 Å². The van der Waals surface area contributed by atoms with E-state index in [4.69, 9.17) is 9.47 Å². The lowest BCUT2D eigenvalue weighted by atomic mass is 9.93. The highest BCUT2D eigenvalue weighted by Crippen LogP contribution is 2.40. The smallest absolute Gasteiger partial charge is 0.202 e. The summed E-state index contributed by atoms with van der Waals surface area (Å²) in [6.45, 7) is 0. The number of benzene rings is 2. The van der Waals surface area contributed by atoms with Crippen LogP contribution in [-0.4, -0.2) is 34.3 Å². The molecule has 2 aromatic rings. The van der Waals surface area contributed by atoms with Gasteiger partial charge in [0, 0.05) is 0 Å². The fourth-order valence-electron chi connectivity index (χ4n) is 2.49. The van der Waals surface area contributed by atoms with Crippen molar-refractivity contribution in [2.75, 3.05) is 7.11 Å². The van der Waals surface area contributed by atoms with E-state index in [2.05, 4.69) is 0 Å². The van der Waals surface area contributed by atoms with E-state index in [-0.39, 0.29) is 28.6 Å². The van der Waals surface area contributed by atoms with Crippen molar-refractivity contribution in [1.82, 2.24) is 0 Å². The van der Waals surface area contributed by atoms with Crippen molar-refractivity contribution in [3.8, 4) is 23.0 Å². The van der Waals surface area contributed by atoms with E-state index in [1.165, 1.54) is 31.4 Å². The van der Waals surface area contributed by atoms with Crippen molar-refractivity contribution < 1.29 is 29.6 Å². The Balaban J connectivity index is 2.03. The zero-order chi connectivity index (χ0) is 15.9. The second-order valence-corrected chi connectivity index (χ2v) is 4.93. The quantitative estimate of drug-likeness (QED) is 0.782. The van der Waals surface area contributed by atoms with Crippen LogP contribution in [0.25, 0.3) is 0 Å². The van der Waals surface area contributed by atoms with E-state index in [0.717, 1.165) is 0 Å². The average Bonchev–Trinajstić information content (AvgIpc) is 2.50. The van der Waals surface area contributed by atoms with Gasteiger partial charge in [0.25, 0.3) is 0 Å². The van der Waals surface area contributed by atoms with Crippen LogP contribution in [0, 0.1) is 0 Å². The van der Waals surface area contributed by atoms with Gasteiger partial charge in [0.2, 0.25) is 5.78 Å². The molecule has 0 fully saturated rings. The molecule has 22 heavy (non-hydrogen) atoms. The molecule has 1 unspecified atom stereocenters. The Bertz CT molecular complexity index is 739. The molecule has 3 rings (SSSR count). The fourth-order valence-corrected chi connectivity index (χ4v) is 2.49. The number of ketones is 1. The number of rotatable bonds is 2. The number of aliphatic hydroxyl groups excluding tert-OH is 1. The highest BCUT2D eigenvalue weighted by atomic mass is 16.5. The molecular weight excluding hydrogens is 288 g/mol. The molecule has 0 bridgehead atoms. The van der Waals surface area contributed by atoms with Crippen LogP contribution in [0.15, 0.2) is 36.4 Å². The van der Waals surface area contributed by atoms with E-state index in [1.54, 1.807) is 12.1 Å². The summed E-state index contributed by atoms with van der Waals surface area (Å²) in [6.07, 6.45) is -2.45. The van der Waals surface area contributed by atoms with Crippen molar-refractivity contribution in [2.45, 2.75) is 12.2 Å². The summed E-state index contributed by atoms with van der Waals surface area (Å²) in [6, 6.07) is 8.91. The molecule has 0 saturated carbocycles. The molecule has 1 aliphatic heterocycles. The van der Waals surface area contributed by atoms with Gasteiger partial charge in [0.1, 0.15) is 17.1 Å². The minimum absolute atomic E-state index is 0.0380. The third kappa shape index (κ3) is 2.14. The molecular formula is C16H14O6. The maximum atomic E-state index is 12.3. The highest BCUT2D eigenvalue weighted by Gasteiger charge is 2.38. The molecule has 0 aliphatic carbocycles. The van der Waals surface area contributed by atoms with Crippen LogP contribution in [0.3, 0.4) is 0 Å². The summed E-state index contributed by atoms with van der Waals surface area (Å²) in [7, 11) is 1.42. The second-order valence-electron chi connectivity index (χ2n) is 4.93. The Kier molecular flexibility index (Phi) is 3.38. The minimum atomic E-state index is -1.48. The normalized spacial score (nSPS) is 20.2.